The first-order valence-electron chi connectivity index (χ1n) is 7.51. The molecule has 0 saturated heterocycles. The molecule has 0 saturated carbocycles. The summed E-state index contributed by atoms with van der Waals surface area (Å²) in [7, 11) is 0. The molecule has 0 fully saturated rings. The second-order valence-corrected chi connectivity index (χ2v) is 5.10. The van der Waals surface area contributed by atoms with Gasteiger partial charge in [-0.05, 0) is 6.07 Å². The summed E-state index contributed by atoms with van der Waals surface area (Å²) in [6.45, 7) is 0.671. The molecule has 10 nitrogen and oxygen atoms in total. The number of rotatable bonds is 8. The van der Waals surface area contributed by atoms with Gasteiger partial charge in [0, 0.05) is 44.4 Å². The predicted octanol–water partition coefficient (Wildman–Crippen LogP) is 0.0632. The van der Waals surface area contributed by atoms with Crippen molar-refractivity contribution >= 4 is 17.3 Å². The molecule has 132 valence electrons. The average molecular weight is 347 g/mol. The summed E-state index contributed by atoms with van der Waals surface area (Å²) >= 11 is 0. The number of hydrogen-bond acceptors (Lipinski definition) is 6. The number of nitro benzene ring substituents is 1. The van der Waals surface area contributed by atoms with Gasteiger partial charge in [0.25, 0.3) is 11.2 Å². The molecule has 2 rings (SSSR count). The summed E-state index contributed by atoms with van der Waals surface area (Å²) in [5, 5.41) is 16.4. The zero-order chi connectivity index (χ0) is 18.2. The molecule has 1 amide bonds. The van der Waals surface area contributed by atoms with Crippen LogP contribution in [0.1, 0.15) is 6.42 Å². The number of amides is 1. The third-order valence-corrected chi connectivity index (χ3v) is 3.34. The Kier molecular flexibility index (Phi) is 6.04. The van der Waals surface area contributed by atoms with Crippen molar-refractivity contribution in [3.8, 4) is 0 Å². The fourth-order valence-electron chi connectivity index (χ4n) is 2.12. The first-order valence-corrected chi connectivity index (χ1v) is 7.51. The van der Waals surface area contributed by atoms with Gasteiger partial charge in [0.1, 0.15) is 5.69 Å². The first-order chi connectivity index (χ1) is 12.0. The van der Waals surface area contributed by atoms with Crippen LogP contribution in [-0.2, 0) is 11.3 Å². The maximum absolute atomic E-state index is 11.8. The Morgan fingerprint density at radius 1 is 1.20 bits per heavy atom. The van der Waals surface area contributed by atoms with E-state index < -0.39 is 16.2 Å². The number of nitrogens with one attached hydrogen (secondary N) is 3. The molecular weight excluding hydrogens is 330 g/mol. The number of aromatic nitrogens is 2. The van der Waals surface area contributed by atoms with Gasteiger partial charge < -0.3 is 10.6 Å². The minimum Gasteiger partial charge on any atom is -0.379 e. The normalized spacial score (nSPS) is 10.2. The van der Waals surface area contributed by atoms with Crippen molar-refractivity contribution < 1.29 is 9.72 Å². The summed E-state index contributed by atoms with van der Waals surface area (Å²) in [4.78, 5) is 46.7. The highest BCUT2D eigenvalue weighted by atomic mass is 16.6. The molecule has 0 bridgehead atoms. The van der Waals surface area contributed by atoms with Crippen molar-refractivity contribution in [2.75, 3.05) is 18.4 Å². The van der Waals surface area contributed by atoms with Crippen LogP contribution in [0, 0.1) is 10.1 Å². The van der Waals surface area contributed by atoms with Crippen molar-refractivity contribution in [1.29, 1.82) is 0 Å². The standard InChI is InChI=1S/C15H17N5O5/c21-13(17-8-10-19-9-6-14(22)18-15(19)23)5-7-16-11-3-1-2-4-12(11)20(24)25/h1-4,6,9,16H,5,7-8,10H2,(H,17,21)(H,18,22,23). The largest absolute Gasteiger partial charge is 0.379 e. The minimum atomic E-state index is -0.542. The van der Waals surface area contributed by atoms with Gasteiger partial charge in [0.2, 0.25) is 5.91 Å². The molecule has 2 aromatic rings. The molecule has 3 N–H and O–H groups in total. The Balaban J connectivity index is 1.75. The highest BCUT2D eigenvalue weighted by Gasteiger charge is 2.11. The molecule has 0 spiro atoms. The lowest BCUT2D eigenvalue weighted by molar-refractivity contribution is -0.384. The van der Waals surface area contributed by atoms with Crippen molar-refractivity contribution in [3.05, 3.63) is 67.5 Å². The number of carbonyl (C=O) groups is 1. The number of benzene rings is 1. The van der Waals surface area contributed by atoms with E-state index in [1.54, 1.807) is 18.2 Å². The molecule has 0 unspecified atom stereocenters. The summed E-state index contributed by atoms with van der Waals surface area (Å²) in [6.07, 6.45) is 1.47. The molecule has 0 aliphatic heterocycles. The third kappa shape index (κ3) is 5.30. The third-order valence-electron chi connectivity index (χ3n) is 3.34. The van der Waals surface area contributed by atoms with E-state index in [2.05, 4.69) is 15.6 Å². The van der Waals surface area contributed by atoms with Gasteiger partial charge in [-0.15, -0.1) is 0 Å². The van der Waals surface area contributed by atoms with Crippen LogP contribution in [0.2, 0.25) is 0 Å². The van der Waals surface area contributed by atoms with E-state index in [1.807, 2.05) is 0 Å². The topological polar surface area (TPSA) is 139 Å². The second kappa shape index (κ2) is 8.43. The minimum absolute atomic E-state index is 0.0552. The molecule has 1 aromatic carbocycles. The smallest absolute Gasteiger partial charge is 0.328 e. The van der Waals surface area contributed by atoms with Crippen LogP contribution in [0.15, 0.2) is 46.1 Å². The van der Waals surface area contributed by atoms with Gasteiger partial charge in [0.15, 0.2) is 0 Å². The van der Waals surface area contributed by atoms with E-state index in [9.17, 15) is 24.5 Å². The van der Waals surface area contributed by atoms with Crippen LogP contribution in [0.3, 0.4) is 0 Å². The quantitative estimate of drug-likeness (QED) is 0.456. The molecule has 0 radical (unpaired) electrons. The fraction of sp³-hybridized carbons (Fsp3) is 0.267. The van der Waals surface area contributed by atoms with Crippen molar-refractivity contribution in [1.82, 2.24) is 14.9 Å². The number of nitrogens with zero attached hydrogens (tertiary/aromatic N) is 2. The molecule has 0 aliphatic carbocycles. The Morgan fingerprint density at radius 3 is 2.68 bits per heavy atom. The zero-order valence-electron chi connectivity index (χ0n) is 13.2. The molecular formula is C15H17N5O5. The van der Waals surface area contributed by atoms with E-state index in [0.29, 0.717) is 5.69 Å². The Bertz CT molecular complexity index is 873. The number of carbonyl (C=O) groups excluding carboxylic acids is 1. The SMILES string of the molecule is O=C(CCNc1ccccc1[N+](=O)[O-])NCCn1ccc(=O)[nH]c1=O. The van der Waals surface area contributed by atoms with Crippen LogP contribution < -0.4 is 21.9 Å². The highest BCUT2D eigenvalue weighted by Crippen LogP contribution is 2.22. The lowest BCUT2D eigenvalue weighted by atomic mass is 10.2. The average Bonchev–Trinajstić information content (AvgIpc) is 2.57. The van der Waals surface area contributed by atoms with Gasteiger partial charge in [-0.1, -0.05) is 12.1 Å². The fourth-order valence-corrected chi connectivity index (χ4v) is 2.12. The second-order valence-electron chi connectivity index (χ2n) is 5.10. The first kappa shape index (κ1) is 17.9. The summed E-state index contributed by atoms with van der Waals surface area (Å²) < 4.78 is 1.27. The Hall–Kier alpha value is -3.43. The monoisotopic (exact) mass is 347 g/mol. The van der Waals surface area contributed by atoms with E-state index in [4.69, 9.17) is 0 Å². The van der Waals surface area contributed by atoms with Crippen molar-refractivity contribution in [2.45, 2.75) is 13.0 Å². The summed E-state index contributed by atoms with van der Waals surface area (Å²) in [6, 6.07) is 7.40. The maximum Gasteiger partial charge on any atom is 0.328 e. The number of nitro groups is 1. The highest BCUT2D eigenvalue weighted by molar-refractivity contribution is 5.76. The maximum atomic E-state index is 11.8. The van der Waals surface area contributed by atoms with Crippen LogP contribution in [-0.4, -0.2) is 33.5 Å². The van der Waals surface area contributed by atoms with Crippen LogP contribution in [0.5, 0.6) is 0 Å². The van der Waals surface area contributed by atoms with E-state index in [-0.39, 0.29) is 37.6 Å². The van der Waals surface area contributed by atoms with Crippen molar-refractivity contribution in [2.24, 2.45) is 0 Å². The number of para-hydroxylation sites is 2. The Labute approximate surface area is 141 Å². The van der Waals surface area contributed by atoms with E-state index in [0.717, 1.165) is 0 Å². The van der Waals surface area contributed by atoms with E-state index >= 15 is 0 Å². The molecule has 0 atom stereocenters. The van der Waals surface area contributed by atoms with Crippen LogP contribution >= 0.6 is 0 Å². The van der Waals surface area contributed by atoms with Gasteiger partial charge in [-0.25, -0.2) is 4.79 Å². The van der Waals surface area contributed by atoms with E-state index in [1.165, 1.54) is 22.9 Å². The number of hydrogen-bond donors (Lipinski definition) is 3. The lowest BCUT2D eigenvalue weighted by Gasteiger charge is -2.08. The molecule has 1 aromatic heterocycles. The lowest BCUT2D eigenvalue weighted by Crippen LogP contribution is -2.34. The molecule has 10 heteroatoms. The van der Waals surface area contributed by atoms with Gasteiger partial charge >= 0.3 is 5.69 Å². The number of H-pyrrole nitrogens is 1. The Morgan fingerprint density at radius 2 is 1.96 bits per heavy atom. The van der Waals surface area contributed by atoms with Gasteiger partial charge in [0.05, 0.1) is 4.92 Å². The van der Waals surface area contributed by atoms with Gasteiger partial charge in [-0.2, -0.15) is 0 Å². The molecule has 1 heterocycles. The van der Waals surface area contributed by atoms with Crippen LogP contribution in [0.4, 0.5) is 11.4 Å². The number of aromatic amines is 1. The summed E-state index contributed by atoms with van der Waals surface area (Å²) in [5.41, 5.74) is -0.730. The van der Waals surface area contributed by atoms with Crippen molar-refractivity contribution in [3.63, 3.8) is 0 Å². The summed E-state index contributed by atoms with van der Waals surface area (Å²) in [5.74, 6) is -0.261. The van der Waals surface area contributed by atoms with Gasteiger partial charge in [-0.3, -0.25) is 29.3 Å². The predicted molar refractivity (Wildman–Crippen MR) is 90.5 cm³/mol. The zero-order valence-corrected chi connectivity index (χ0v) is 13.2. The number of anilines is 1. The molecule has 0 aliphatic rings. The molecule has 25 heavy (non-hydrogen) atoms. The van der Waals surface area contributed by atoms with Crippen LogP contribution in [0.25, 0.3) is 0 Å².